The number of rotatable bonds is 8. The number of carbonyl (C=O) groups is 1. The number of nitrogens with one attached hydrogen (secondary N) is 2. The lowest BCUT2D eigenvalue weighted by molar-refractivity contribution is -0.120. The Kier molecular flexibility index (Phi) is 6.97. The summed E-state index contributed by atoms with van der Waals surface area (Å²) in [4.78, 5) is 11.6. The zero-order valence-electron chi connectivity index (χ0n) is 12.0. The standard InChI is InChI=1S/C15H24N2O2/c1-4-5-13-6-8-14(9-7-13)16-10-15(18)17-12(2)11-19-3/h6-9,12,16H,4-5,10-11H2,1-3H3,(H,17,18). The highest BCUT2D eigenvalue weighted by atomic mass is 16.5. The summed E-state index contributed by atoms with van der Waals surface area (Å²) in [6.07, 6.45) is 2.24. The average molecular weight is 264 g/mol. The van der Waals surface area contributed by atoms with E-state index in [1.807, 2.05) is 19.1 Å². The van der Waals surface area contributed by atoms with E-state index in [-0.39, 0.29) is 18.5 Å². The Morgan fingerprint density at radius 1 is 1.32 bits per heavy atom. The third-order valence-electron chi connectivity index (χ3n) is 2.77. The normalized spacial score (nSPS) is 11.9. The minimum absolute atomic E-state index is 0.0258. The van der Waals surface area contributed by atoms with Crippen LogP contribution in [0.25, 0.3) is 0 Å². The lowest BCUT2D eigenvalue weighted by Gasteiger charge is -2.13. The van der Waals surface area contributed by atoms with Gasteiger partial charge in [-0.15, -0.1) is 0 Å². The van der Waals surface area contributed by atoms with Crippen molar-refractivity contribution in [2.24, 2.45) is 0 Å². The number of carbonyl (C=O) groups excluding carboxylic acids is 1. The summed E-state index contributed by atoms with van der Waals surface area (Å²) in [6.45, 7) is 4.89. The zero-order valence-corrected chi connectivity index (χ0v) is 12.0. The van der Waals surface area contributed by atoms with Gasteiger partial charge in [0.05, 0.1) is 13.2 Å². The molecule has 0 aliphatic carbocycles. The van der Waals surface area contributed by atoms with Crippen LogP contribution in [0.1, 0.15) is 25.8 Å². The number of amides is 1. The van der Waals surface area contributed by atoms with E-state index >= 15 is 0 Å². The van der Waals surface area contributed by atoms with Gasteiger partial charge in [-0.1, -0.05) is 25.5 Å². The Morgan fingerprint density at radius 2 is 2.00 bits per heavy atom. The number of anilines is 1. The van der Waals surface area contributed by atoms with E-state index < -0.39 is 0 Å². The number of hydrogen-bond donors (Lipinski definition) is 2. The second kappa shape index (κ2) is 8.53. The van der Waals surface area contributed by atoms with Crippen LogP contribution in [0, 0.1) is 0 Å². The number of ether oxygens (including phenoxy) is 1. The Morgan fingerprint density at radius 3 is 2.58 bits per heavy atom. The maximum atomic E-state index is 11.6. The second-order valence-electron chi connectivity index (χ2n) is 4.72. The number of benzene rings is 1. The van der Waals surface area contributed by atoms with Gasteiger partial charge in [-0.3, -0.25) is 4.79 Å². The van der Waals surface area contributed by atoms with Gasteiger partial charge < -0.3 is 15.4 Å². The van der Waals surface area contributed by atoms with Gasteiger partial charge in [0, 0.05) is 18.8 Å². The van der Waals surface area contributed by atoms with Crippen LogP contribution in [-0.2, 0) is 16.0 Å². The van der Waals surface area contributed by atoms with Crippen molar-refractivity contribution in [2.45, 2.75) is 32.7 Å². The summed E-state index contributed by atoms with van der Waals surface area (Å²) >= 11 is 0. The smallest absolute Gasteiger partial charge is 0.239 e. The van der Waals surface area contributed by atoms with Crippen LogP contribution in [-0.4, -0.2) is 32.2 Å². The average Bonchev–Trinajstić information content (AvgIpc) is 2.38. The number of methoxy groups -OCH3 is 1. The first kappa shape index (κ1) is 15.5. The molecule has 0 saturated heterocycles. The monoisotopic (exact) mass is 264 g/mol. The van der Waals surface area contributed by atoms with Crippen molar-refractivity contribution in [3.8, 4) is 0 Å². The second-order valence-corrected chi connectivity index (χ2v) is 4.72. The molecule has 1 aromatic rings. The first-order chi connectivity index (χ1) is 9.15. The van der Waals surface area contributed by atoms with Crippen molar-refractivity contribution in [3.05, 3.63) is 29.8 Å². The molecule has 0 aliphatic heterocycles. The van der Waals surface area contributed by atoms with Crippen LogP contribution in [0.2, 0.25) is 0 Å². The van der Waals surface area contributed by atoms with Crippen LogP contribution in [0.4, 0.5) is 5.69 Å². The number of aryl methyl sites for hydroxylation is 1. The molecule has 0 fully saturated rings. The van der Waals surface area contributed by atoms with Crippen molar-refractivity contribution >= 4 is 11.6 Å². The first-order valence-corrected chi connectivity index (χ1v) is 6.76. The molecule has 0 spiro atoms. The van der Waals surface area contributed by atoms with Gasteiger partial charge in [-0.25, -0.2) is 0 Å². The van der Waals surface area contributed by atoms with E-state index in [4.69, 9.17) is 4.74 Å². The van der Waals surface area contributed by atoms with Crippen LogP contribution in [0.15, 0.2) is 24.3 Å². The van der Waals surface area contributed by atoms with Crippen molar-refractivity contribution < 1.29 is 9.53 Å². The molecule has 1 aromatic carbocycles. The third-order valence-corrected chi connectivity index (χ3v) is 2.77. The Balaban J connectivity index is 2.33. The van der Waals surface area contributed by atoms with E-state index in [9.17, 15) is 4.79 Å². The molecule has 19 heavy (non-hydrogen) atoms. The molecule has 0 heterocycles. The summed E-state index contributed by atoms with van der Waals surface area (Å²) in [5.74, 6) is -0.0258. The molecular formula is C15H24N2O2. The highest BCUT2D eigenvalue weighted by Gasteiger charge is 2.06. The lowest BCUT2D eigenvalue weighted by atomic mass is 10.1. The zero-order chi connectivity index (χ0) is 14.1. The van der Waals surface area contributed by atoms with E-state index in [1.165, 1.54) is 5.56 Å². The molecule has 1 rings (SSSR count). The molecule has 106 valence electrons. The van der Waals surface area contributed by atoms with Gasteiger partial charge in [-0.2, -0.15) is 0 Å². The van der Waals surface area contributed by atoms with Crippen molar-refractivity contribution in [1.29, 1.82) is 0 Å². The van der Waals surface area contributed by atoms with E-state index in [2.05, 4.69) is 29.7 Å². The fraction of sp³-hybridized carbons (Fsp3) is 0.533. The van der Waals surface area contributed by atoms with E-state index in [0.717, 1.165) is 18.5 Å². The molecule has 4 heteroatoms. The quantitative estimate of drug-likeness (QED) is 0.757. The highest BCUT2D eigenvalue weighted by Crippen LogP contribution is 2.10. The minimum atomic E-state index is -0.0258. The van der Waals surface area contributed by atoms with Crippen molar-refractivity contribution in [1.82, 2.24) is 5.32 Å². The molecule has 1 atom stereocenters. The Hall–Kier alpha value is -1.55. The van der Waals surface area contributed by atoms with E-state index in [1.54, 1.807) is 7.11 Å². The predicted molar refractivity (Wildman–Crippen MR) is 78.4 cm³/mol. The van der Waals surface area contributed by atoms with Crippen LogP contribution >= 0.6 is 0 Å². The van der Waals surface area contributed by atoms with Crippen LogP contribution < -0.4 is 10.6 Å². The fourth-order valence-electron chi connectivity index (χ4n) is 1.88. The van der Waals surface area contributed by atoms with Gasteiger partial charge in [-0.05, 0) is 31.0 Å². The molecule has 1 amide bonds. The third kappa shape index (κ3) is 6.25. The number of hydrogen-bond acceptors (Lipinski definition) is 3. The van der Waals surface area contributed by atoms with Crippen molar-refractivity contribution in [2.75, 3.05) is 25.6 Å². The summed E-state index contributed by atoms with van der Waals surface area (Å²) < 4.78 is 4.97. The van der Waals surface area contributed by atoms with Crippen LogP contribution in [0.5, 0.6) is 0 Å². The Bertz CT molecular complexity index is 376. The molecule has 0 aromatic heterocycles. The Labute approximate surface area is 115 Å². The SMILES string of the molecule is CCCc1ccc(NCC(=O)NC(C)COC)cc1. The van der Waals surface area contributed by atoms with Gasteiger partial charge >= 0.3 is 0 Å². The van der Waals surface area contributed by atoms with Crippen LogP contribution in [0.3, 0.4) is 0 Å². The maximum Gasteiger partial charge on any atom is 0.239 e. The predicted octanol–water partition coefficient (Wildman–Crippen LogP) is 2.20. The topological polar surface area (TPSA) is 50.4 Å². The molecule has 4 nitrogen and oxygen atoms in total. The summed E-state index contributed by atoms with van der Waals surface area (Å²) in [5.41, 5.74) is 2.29. The molecule has 0 radical (unpaired) electrons. The van der Waals surface area contributed by atoms with Gasteiger partial charge in [0.15, 0.2) is 0 Å². The molecular weight excluding hydrogens is 240 g/mol. The highest BCUT2D eigenvalue weighted by molar-refractivity contribution is 5.80. The largest absolute Gasteiger partial charge is 0.383 e. The molecule has 2 N–H and O–H groups in total. The van der Waals surface area contributed by atoms with Crippen molar-refractivity contribution in [3.63, 3.8) is 0 Å². The molecule has 0 aliphatic rings. The summed E-state index contributed by atoms with van der Waals surface area (Å²) in [7, 11) is 1.62. The molecule has 0 saturated carbocycles. The minimum Gasteiger partial charge on any atom is -0.383 e. The fourth-order valence-corrected chi connectivity index (χ4v) is 1.88. The molecule has 1 unspecified atom stereocenters. The maximum absolute atomic E-state index is 11.6. The van der Waals surface area contributed by atoms with E-state index in [0.29, 0.717) is 6.61 Å². The van der Waals surface area contributed by atoms with Gasteiger partial charge in [0.2, 0.25) is 5.91 Å². The summed E-state index contributed by atoms with van der Waals surface area (Å²) in [6, 6.07) is 8.24. The van der Waals surface area contributed by atoms with Gasteiger partial charge in [0.25, 0.3) is 0 Å². The lowest BCUT2D eigenvalue weighted by Crippen LogP contribution is -2.39. The first-order valence-electron chi connectivity index (χ1n) is 6.76. The van der Waals surface area contributed by atoms with Gasteiger partial charge in [0.1, 0.15) is 0 Å². The molecule has 0 bridgehead atoms. The summed E-state index contributed by atoms with van der Waals surface area (Å²) in [5, 5.41) is 5.96.